The molecule has 4 heterocycles. The summed E-state index contributed by atoms with van der Waals surface area (Å²) < 4.78 is 9.03. The summed E-state index contributed by atoms with van der Waals surface area (Å²) in [6.45, 7) is 1.36. The number of rotatable bonds is 4. The number of carbonyl (C=O) groups is 1. The lowest BCUT2D eigenvalue weighted by Gasteiger charge is -2.43. The molecule has 29 heavy (non-hydrogen) atoms. The molecule has 0 aromatic carbocycles. The van der Waals surface area contributed by atoms with Gasteiger partial charge in [-0.2, -0.15) is 15.5 Å². The van der Waals surface area contributed by atoms with Crippen LogP contribution in [0, 0.1) is 17.2 Å². The van der Waals surface area contributed by atoms with Gasteiger partial charge in [0, 0.05) is 48.6 Å². The summed E-state index contributed by atoms with van der Waals surface area (Å²) in [5.41, 5.74) is 8.73. The number of likely N-dealkylation sites (tertiary alicyclic amines) is 1. The molecule has 1 saturated heterocycles. The minimum Gasteiger partial charge on any atom is -0.494 e. The Morgan fingerprint density at radius 2 is 2.03 bits per heavy atom. The van der Waals surface area contributed by atoms with Gasteiger partial charge in [0.05, 0.1) is 25.5 Å². The highest BCUT2D eigenvalue weighted by Gasteiger charge is 2.40. The first-order chi connectivity index (χ1) is 14.1. The number of carbonyl (C=O) groups excluding carboxylic acids is 1. The third-order valence-corrected chi connectivity index (χ3v) is 5.92. The van der Waals surface area contributed by atoms with E-state index in [4.69, 9.17) is 10.5 Å². The van der Waals surface area contributed by atoms with Crippen molar-refractivity contribution in [2.45, 2.75) is 24.9 Å². The molecule has 0 atom stereocenters. The van der Waals surface area contributed by atoms with Crippen molar-refractivity contribution in [1.29, 1.82) is 5.26 Å². The number of amides is 1. The molecule has 2 fully saturated rings. The molecule has 1 aliphatic heterocycles. The van der Waals surface area contributed by atoms with E-state index in [0.717, 1.165) is 24.0 Å². The van der Waals surface area contributed by atoms with Gasteiger partial charge in [-0.25, -0.2) is 4.52 Å². The SMILES string of the molecule is COc1cc(-c2cnn(C3CN(C(=O)[C@H]4C[C@@H](N)C4)C3)c2)cn2ncc(C#N)c12. The van der Waals surface area contributed by atoms with Crippen LogP contribution in [0.5, 0.6) is 5.75 Å². The van der Waals surface area contributed by atoms with Crippen molar-refractivity contribution in [3.63, 3.8) is 0 Å². The number of methoxy groups -OCH3 is 1. The highest BCUT2D eigenvalue weighted by Crippen LogP contribution is 2.33. The lowest BCUT2D eigenvalue weighted by atomic mass is 9.79. The zero-order valence-electron chi connectivity index (χ0n) is 16.0. The first-order valence-corrected chi connectivity index (χ1v) is 9.61. The maximum absolute atomic E-state index is 12.4. The number of fused-ring (bicyclic) bond motifs is 1. The third-order valence-electron chi connectivity index (χ3n) is 5.92. The number of nitriles is 1. The van der Waals surface area contributed by atoms with Gasteiger partial charge in [0.1, 0.15) is 22.9 Å². The van der Waals surface area contributed by atoms with Crippen LogP contribution in [0.25, 0.3) is 16.6 Å². The lowest BCUT2D eigenvalue weighted by Crippen LogP contribution is -2.55. The number of ether oxygens (including phenoxy) is 1. The lowest BCUT2D eigenvalue weighted by molar-refractivity contribution is -0.144. The number of nitrogens with zero attached hydrogens (tertiary/aromatic N) is 6. The fourth-order valence-corrected chi connectivity index (χ4v) is 4.09. The first kappa shape index (κ1) is 17.7. The molecular weight excluding hydrogens is 370 g/mol. The molecule has 0 bridgehead atoms. The molecule has 0 unspecified atom stereocenters. The van der Waals surface area contributed by atoms with Gasteiger partial charge in [-0.1, -0.05) is 0 Å². The molecule has 1 saturated carbocycles. The van der Waals surface area contributed by atoms with E-state index in [0.29, 0.717) is 29.9 Å². The van der Waals surface area contributed by atoms with Crippen molar-refractivity contribution in [2.75, 3.05) is 20.2 Å². The molecule has 9 nitrogen and oxygen atoms in total. The number of pyridine rings is 1. The molecule has 9 heteroatoms. The summed E-state index contributed by atoms with van der Waals surface area (Å²) in [7, 11) is 1.58. The minimum atomic E-state index is 0.102. The summed E-state index contributed by atoms with van der Waals surface area (Å²) >= 11 is 0. The van der Waals surface area contributed by atoms with Crippen molar-refractivity contribution in [2.24, 2.45) is 11.7 Å². The van der Waals surface area contributed by atoms with Crippen LogP contribution in [0.2, 0.25) is 0 Å². The van der Waals surface area contributed by atoms with Crippen molar-refractivity contribution < 1.29 is 9.53 Å². The molecule has 2 N–H and O–H groups in total. The average molecular weight is 391 g/mol. The summed E-state index contributed by atoms with van der Waals surface area (Å²) in [6, 6.07) is 4.38. The van der Waals surface area contributed by atoms with E-state index in [1.165, 1.54) is 6.20 Å². The van der Waals surface area contributed by atoms with E-state index in [2.05, 4.69) is 16.3 Å². The fraction of sp³-hybridized carbons (Fsp3) is 0.400. The second-order valence-corrected chi connectivity index (χ2v) is 7.79. The predicted molar refractivity (Wildman–Crippen MR) is 104 cm³/mol. The Bertz CT molecular complexity index is 1130. The van der Waals surface area contributed by atoms with Crippen LogP contribution in [-0.2, 0) is 4.79 Å². The zero-order valence-corrected chi connectivity index (χ0v) is 16.0. The summed E-state index contributed by atoms with van der Waals surface area (Å²) in [5.74, 6) is 0.909. The molecule has 1 aliphatic carbocycles. The molecule has 0 radical (unpaired) electrons. The summed E-state index contributed by atoms with van der Waals surface area (Å²) in [4.78, 5) is 14.3. The minimum absolute atomic E-state index is 0.102. The maximum Gasteiger partial charge on any atom is 0.225 e. The Hall–Kier alpha value is -3.38. The first-order valence-electron chi connectivity index (χ1n) is 9.61. The fourth-order valence-electron chi connectivity index (χ4n) is 4.09. The van der Waals surface area contributed by atoms with E-state index in [-0.39, 0.29) is 23.9 Å². The Balaban J connectivity index is 1.33. The second kappa shape index (κ2) is 6.60. The number of aromatic nitrogens is 4. The molecule has 1 amide bonds. The van der Waals surface area contributed by atoms with Gasteiger partial charge < -0.3 is 15.4 Å². The second-order valence-electron chi connectivity index (χ2n) is 7.79. The normalized spacial score (nSPS) is 21.5. The van der Waals surface area contributed by atoms with E-state index in [1.807, 2.05) is 28.0 Å². The third kappa shape index (κ3) is 2.84. The van der Waals surface area contributed by atoms with Gasteiger partial charge in [0.15, 0.2) is 0 Å². The molecular formula is C20H21N7O2. The molecule has 2 aliphatic rings. The maximum atomic E-state index is 12.4. The van der Waals surface area contributed by atoms with Gasteiger partial charge in [0.25, 0.3) is 0 Å². The Labute approximate surface area is 167 Å². The Morgan fingerprint density at radius 1 is 1.24 bits per heavy atom. The predicted octanol–water partition coefficient (Wildman–Crippen LogP) is 1.20. The summed E-state index contributed by atoms with van der Waals surface area (Å²) in [6.07, 6.45) is 8.76. The van der Waals surface area contributed by atoms with E-state index >= 15 is 0 Å². The van der Waals surface area contributed by atoms with Crippen molar-refractivity contribution in [3.8, 4) is 22.9 Å². The van der Waals surface area contributed by atoms with E-state index in [9.17, 15) is 10.1 Å². The van der Waals surface area contributed by atoms with Gasteiger partial charge in [-0.3, -0.25) is 9.48 Å². The molecule has 3 aromatic rings. The van der Waals surface area contributed by atoms with Crippen LogP contribution >= 0.6 is 0 Å². The topological polar surface area (TPSA) is 114 Å². The Kier molecular flexibility index (Phi) is 4.03. The molecule has 5 rings (SSSR count). The van der Waals surface area contributed by atoms with Gasteiger partial charge in [0.2, 0.25) is 5.91 Å². The average Bonchev–Trinajstić information content (AvgIpc) is 3.30. The van der Waals surface area contributed by atoms with Crippen LogP contribution in [-0.4, -0.2) is 56.4 Å². The van der Waals surface area contributed by atoms with Crippen LogP contribution in [0.3, 0.4) is 0 Å². The zero-order chi connectivity index (χ0) is 20.1. The highest BCUT2D eigenvalue weighted by molar-refractivity contribution is 5.80. The highest BCUT2D eigenvalue weighted by atomic mass is 16.5. The quantitative estimate of drug-likeness (QED) is 0.715. The van der Waals surface area contributed by atoms with Crippen LogP contribution in [0.1, 0.15) is 24.4 Å². The molecule has 148 valence electrons. The molecule has 3 aromatic heterocycles. The number of nitrogens with two attached hydrogens (primary N) is 1. The van der Waals surface area contributed by atoms with Crippen LogP contribution in [0.4, 0.5) is 0 Å². The number of hydrogen-bond donors (Lipinski definition) is 1. The van der Waals surface area contributed by atoms with E-state index in [1.54, 1.807) is 17.8 Å². The summed E-state index contributed by atoms with van der Waals surface area (Å²) in [5, 5.41) is 18.0. The number of hydrogen-bond acceptors (Lipinski definition) is 6. The van der Waals surface area contributed by atoms with Gasteiger partial charge >= 0.3 is 0 Å². The largest absolute Gasteiger partial charge is 0.494 e. The molecule has 0 spiro atoms. The van der Waals surface area contributed by atoms with Crippen LogP contribution < -0.4 is 10.5 Å². The standard InChI is InChI=1S/C20H21N7O2/c1-29-18-4-13(8-27-19(18)14(5-21)6-24-27)15-7-23-26(9-15)17-10-25(11-17)20(28)12-2-16(22)3-12/h4,6-9,12,16-17H,2-3,10-11,22H2,1H3/t12-,16+. The monoisotopic (exact) mass is 391 g/mol. The smallest absolute Gasteiger partial charge is 0.225 e. The van der Waals surface area contributed by atoms with Crippen molar-refractivity contribution in [1.82, 2.24) is 24.3 Å². The van der Waals surface area contributed by atoms with Gasteiger partial charge in [-0.05, 0) is 18.9 Å². The van der Waals surface area contributed by atoms with Crippen LogP contribution in [0.15, 0.2) is 30.9 Å². The van der Waals surface area contributed by atoms with Gasteiger partial charge in [-0.15, -0.1) is 0 Å². The van der Waals surface area contributed by atoms with E-state index < -0.39 is 0 Å². The van der Waals surface area contributed by atoms with Crippen molar-refractivity contribution in [3.05, 3.63) is 36.4 Å². The van der Waals surface area contributed by atoms with Crippen molar-refractivity contribution >= 4 is 11.4 Å². The Morgan fingerprint density at radius 3 is 2.72 bits per heavy atom.